The summed E-state index contributed by atoms with van der Waals surface area (Å²) in [7, 11) is 0. The van der Waals surface area contributed by atoms with Gasteiger partial charge in [0.25, 0.3) is 0 Å². The first-order chi connectivity index (χ1) is 15.5. The van der Waals surface area contributed by atoms with Crippen LogP contribution in [0.3, 0.4) is 0 Å². The lowest BCUT2D eigenvalue weighted by Crippen LogP contribution is -2.05. The largest absolute Gasteiger partial charge is 0.490 e. The average Bonchev–Trinajstić information content (AvgIpc) is 3.15. The number of cyclic esters (lactones) is 1. The van der Waals surface area contributed by atoms with E-state index in [-0.39, 0.29) is 18.2 Å². The van der Waals surface area contributed by atoms with Crippen molar-refractivity contribution >= 4 is 29.5 Å². The minimum atomic E-state index is -0.610. The van der Waals surface area contributed by atoms with E-state index < -0.39 is 11.8 Å². The summed E-state index contributed by atoms with van der Waals surface area (Å²) in [6.45, 7) is 2.59. The van der Waals surface area contributed by atoms with Crippen molar-refractivity contribution in [1.82, 2.24) is 0 Å². The number of hydrogen-bond donors (Lipinski definition) is 0. The highest BCUT2D eigenvalue weighted by molar-refractivity contribution is 6.31. The Labute approximate surface area is 189 Å². The third-order valence-electron chi connectivity index (χ3n) is 4.60. The smallest absolute Gasteiger partial charge is 0.363 e. The molecule has 0 aromatic heterocycles. The van der Waals surface area contributed by atoms with Crippen LogP contribution in [0, 0.1) is 5.82 Å². The predicted molar refractivity (Wildman–Crippen MR) is 120 cm³/mol. The maximum Gasteiger partial charge on any atom is 0.363 e. The lowest BCUT2D eigenvalue weighted by molar-refractivity contribution is -0.129. The fourth-order valence-corrected chi connectivity index (χ4v) is 3.28. The van der Waals surface area contributed by atoms with Gasteiger partial charge in [-0.3, -0.25) is 0 Å². The van der Waals surface area contributed by atoms with Crippen LogP contribution in [-0.2, 0) is 16.1 Å². The SMILES string of the molecule is CCOc1cc(/C=C2\N=C(c3cccc(F)c3)OC2=O)ccc1OCc1ccccc1Cl. The molecule has 3 aromatic carbocycles. The van der Waals surface area contributed by atoms with E-state index in [9.17, 15) is 9.18 Å². The molecule has 0 bridgehead atoms. The molecule has 32 heavy (non-hydrogen) atoms. The van der Waals surface area contributed by atoms with Gasteiger partial charge in [-0.15, -0.1) is 0 Å². The van der Waals surface area contributed by atoms with Crippen LogP contribution in [0.2, 0.25) is 5.02 Å². The number of esters is 1. The molecule has 1 heterocycles. The number of benzene rings is 3. The Kier molecular flexibility index (Phi) is 6.52. The van der Waals surface area contributed by atoms with Crippen molar-refractivity contribution in [2.75, 3.05) is 6.61 Å². The lowest BCUT2D eigenvalue weighted by atomic mass is 10.1. The standard InChI is InChI=1S/C25H19ClFNO4/c1-2-30-23-13-16(10-11-22(23)31-15-18-6-3-4-9-20(18)26)12-21-25(29)32-24(28-21)17-7-5-8-19(27)14-17/h3-14H,2,15H2,1H3/b21-12-. The van der Waals surface area contributed by atoms with Crippen LogP contribution in [0.1, 0.15) is 23.6 Å². The van der Waals surface area contributed by atoms with Gasteiger partial charge in [-0.1, -0.05) is 41.9 Å². The quantitative estimate of drug-likeness (QED) is 0.336. The van der Waals surface area contributed by atoms with Crippen LogP contribution in [0.4, 0.5) is 4.39 Å². The Balaban J connectivity index is 1.57. The van der Waals surface area contributed by atoms with Crippen LogP contribution >= 0.6 is 11.6 Å². The molecule has 3 aromatic rings. The second-order valence-corrected chi connectivity index (χ2v) is 7.27. The zero-order chi connectivity index (χ0) is 22.5. The molecule has 1 aliphatic rings. The number of halogens is 2. The molecule has 0 atom stereocenters. The normalized spacial score (nSPS) is 14.3. The first-order valence-corrected chi connectivity index (χ1v) is 10.3. The van der Waals surface area contributed by atoms with Crippen LogP contribution < -0.4 is 9.47 Å². The number of ether oxygens (including phenoxy) is 3. The minimum absolute atomic E-state index is 0.0606. The highest BCUT2D eigenvalue weighted by Crippen LogP contribution is 2.31. The minimum Gasteiger partial charge on any atom is -0.490 e. The zero-order valence-electron chi connectivity index (χ0n) is 17.2. The Morgan fingerprint density at radius 3 is 2.66 bits per heavy atom. The molecule has 7 heteroatoms. The first-order valence-electron chi connectivity index (χ1n) is 9.95. The summed E-state index contributed by atoms with van der Waals surface area (Å²) in [6, 6.07) is 18.4. The lowest BCUT2D eigenvalue weighted by Gasteiger charge is -2.13. The summed E-state index contributed by atoms with van der Waals surface area (Å²) in [6.07, 6.45) is 1.58. The third kappa shape index (κ3) is 4.98. The Morgan fingerprint density at radius 1 is 1.03 bits per heavy atom. The molecular formula is C25H19ClFNO4. The molecule has 0 N–H and O–H groups in total. The van der Waals surface area contributed by atoms with E-state index in [0.717, 1.165) is 5.56 Å². The van der Waals surface area contributed by atoms with Crippen molar-refractivity contribution in [2.24, 2.45) is 4.99 Å². The van der Waals surface area contributed by atoms with Gasteiger partial charge in [0.1, 0.15) is 12.4 Å². The zero-order valence-corrected chi connectivity index (χ0v) is 17.9. The molecule has 0 fully saturated rings. The molecule has 0 unspecified atom stereocenters. The summed E-state index contributed by atoms with van der Waals surface area (Å²) in [5.41, 5.74) is 2.03. The first kappa shape index (κ1) is 21.6. The van der Waals surface area contributed by atoms with Gasteiger partial charge in [0.15, 0.2) is 17.2 Å². The van der Waals surface area contributed by atoms with Gasteiger partial charge in [0, 0.05) is 16.1 Å². The van der Waals surface area contributed by atoms with Gasteiger partial charge in [0.2, 0.25) is 5.90 Å². The second kappa shape index (κ2) is 9.66. The van der Waals surface area contributed by atoms with Crippen molar-refractivity contribution in [3.63, 3.8) is 0 Å². The molecule has 0 spiro atoms. The summed E-state index contributed by atoms with van der Waals surface area (Å²) in [5, 5.41) is 0.624. The van der Waals surface area contributed by atoms with E-state index in [0.29, 0.717) is 34.3 Å². The molecule has 0 radical (unpaired) electrons. The molecule has 0 saturated carbocycles. The van der Waals surface area contributed by atoms with Crippen molar-refractivity contribution in [2.45, 2.75) is 13.5 Å². The van der Waals surface area contributed by atoms with Crippen molar-refractivity contribution < 1.29 is 23.4 Å². The van der Waals surface area contributed by atoms with Crippen molar-refractivity contribution in [1.29, 1.82) is 0 Å². The summed E-state index contributed by atoms with van der Waals surface area (Å²) in [5.74, 6) is 0.0839. The number of nitrogens with zero attached hydrogens (tertiary/aromatic N) is 1. The Bertz CT molecular complexity index is 1220. The van der Waals surface area contributed by atoms with E-state index in [2.05, 4.69) is 4.99 Å². The van der Waals surface area contributed by atoms with Crippen LogP contribution in [0.15, 0.2) is 77.4 Å². The topological polar surface area (TPSA) is 57.1 Å². The van der Waals surface area contributed by atoms with Crippen molar-refractivity contribution in [3.05, 3.63) is 100.0 Å². The maximum atomic E-state index is 13.5. The predicted octanol–water partition coefficient (Wildman–Crippen LogP) is 5.80. The molecule has 5 nitrogen and oxygen atoms in total. The van der Waals surface area contributed by atoms with E-state index in [1.54, 1.807) is 36.4 Å². The highest BCUT2D eigenvalue weighted by atomic mass is 35.5. The number of rotatable bonds is 7. The fourth-order valence-electron chi connectivity index (χ4n) is 3.08. The van der Waals surface area contributed by atoms with Gasteiger partial charge < -0.3 is 14.2 Å². The number of carbonyl (C=O) groups is 1. The van der Waals surface area contributed by atoms with Crippen LogP contribution in [0.5, 0.6) is 11.5 Å². The Morgan fingerprint density at radius 2 is 1.88 bits per heavy atom. The molecule has 1 aliphatic heterocycles. The van der Waals surface area contributed by atoms with Gasteiger partial charge in [-0.25, -0.2) is 14.2 Å². The molecule has 4 rings (SSSR count). The van der Waals surface area contributed by atoms with E-state index in [4.69, 9.17) is 25.8 Å². The maximum absolute atomic E-state index is 13.5. The Hall–Kier alpha value is -3.64. The molecular weight excluding hydrogens is 433 g/mol. The van der Waals surface area contributed by atoms with Crippen LogP contribution in [0.25, 0.3) is 6.08 Å². The summed E-state index contributed by atoms with van der Waals surface area (Å²) in [4.78, 5) is 16.5. The van der Waals surface area contributed by atoms with E-state index in [1.165, 1.54) is 18.2 Å². The average molecular weight is 452 g/mol. The van der Waals surface area contributed by atoms with E-state index in [1.807, 2.05) is 25.1 Å². The molecule has 162 valence electrons. The van der Waals surface area contributed by atoms with Gasteiger partial charge in [-0.05, 0) is 55.0 Å². The number of aliphatic imine (C=N–C) groups is 1. The monoisotopic (exact) mass is 451 g/mol. The second-order valence-electron chi connectivity index (χ2n) is 6.87. The highest BCUT2D eigenvalue weighted by Gasteiger charge is 2.24. The molecule has 0 amide bonds. The third-order valence-corrected chi connectivity index (χ3v) is 4.97. The fraction of sp³-hybridized carbons (Fsp3) is 0.120. The van der Waals surface area contributed by atoms with Crippen molar-refractivity contribution in [3.8, 4) is 11.5 Å². The number of hydrogen-bond acceptors (Lipinski definition) is 5. The summed E-state index contributed by atoms with van der Waals surface area (Å²) < 4.78 is 30.3. The van der Waals surface area contributed by atoms with Gasteiger partial charge in [-0.2, -0.15) is 0 Å². The number of carbonyl (C=O) groups excluding carboxylic acids is 1. The van der Waals surface area contributed by atoms with Gasteiger partial charge >= 0.3 is 5.97 Å². The summed E-state index contributed by atoms with van der Waals surface area (Å²) >= 11 is 6.19. The van der Waals surface area contributed by atoms with Crippen LogP contribution in [-0.4, -0.2) is 18.5 Å². The van der Waals surface area contributed by atoms with E-state index >= 15 is 0 Å². The molecule has 0 aliphatic carbocycles. The van der Waals surface area contributed by atoms with Gasteiger partial charge in [0.05, 0.1) is 6.61 Å². The molecule has 0 saturated heterocycles.